The summed E-state index contributed by atoms with van der Waals surface area (Å²) in [6, 6.07) is 0. The molecule has 0 heterocycles. The minimum absolute atomic E-state index is 0.0357. The molecule has 1 fully saturated rings. The Morgan fingerprint density at radius 3 is 1.82 bits per heavy atom. The number of amides is 2. The number of alkyl carbamates (subject to hydrolysis) is 2. The van der Waals surface area contributed by atoms with Crippen LogP contribution in [0.25, 0.3) is 0 Å². The fourth-order valence-corrected chi connectivity index (χ4v) is 3.64. The van der Waals surface area contributed by atoms with Gasteiger partial charge in [0.2, 0.25) is 0 Å². The fraction of sp³-hybridized carbons (Fsp3) is 0.704. The van der Waals surface area contributed by atoms with E-state index in [0.29, 0.717) is 31.5 Å². The monoisotopic (exact) mass is 540 g/mol. The number of carbonyl (C=O) groups is 4. The van der Waals surface area contributed by atoms with E-state index < -0.39 is 24.1 Å². The molecule has 0 saturated heterocycles. The summed E-state index contributed by atoms with van der Waals surface area (Å²) in [5.74, 6) is -1.42. The van der Waals surface area contributed by atoms with Crippen molar-refractivity contribution in [2.75, 3.05) is 33.1 Å². The van der Waals surface area contributed by atoms with Crippen molar-refractivity contribution in [3.05, 3.63) is 23.3 Å². The van der Waals surface area contributed by atoms with Crippen LogP contribution in [0, 0.1) is 0 Å². The Bertz CT molecular complexity index is 789. The molecule has 1 aliphatic carbocycles. The Morgan fingerprint density at radius 2 is 1.29 bits per heavy atom. The Morgan fingerprint density at radius 1 is 0.763 bits per heavy atom. The maximum atomic E-state index is 12.0. The molecule has 0 bridgehead atoms. The summed E-state index contributed by atoms with van der Waals surface area (Å²) in [4.78, 5) is 45.9. The second kappa shape index (κ2) is 20.9. The third-order valence-electron chi connectivity index (χ3n) is 5.95. The predicted octanol–water partition coefficient (Wildman–Crippen LogP) is 4.61. The number of esters is 1. The van der Waals surface area contributed by atoms with E-state index in [4.69, 9.17) is 24.1 Å². The predicted molar refractivity (Wildman–Crippen MR) is 140 cm³/mol. The van der Waals surface area contributed by atoms with E-state index in [1.807, 2.05) is 0 Å². The first-order chi connectivity index (χ1) is 18.3. The molecule has 2 amide bonds. The molecule has 0 aromatic rings. The summed E-state index contributed by atoms with van der Waals surface area (Å²) in [6.07, 6.45) is 12.0. The van der Waals surface area contributed by atoms with Crippen LogP contribution in [0.15, 0.2) is 23.3 Å². The van der Waals surface area contributed by atoms with Crippen LogP contribution in [0.1, 0.15) is 84.5 Å². The first-order valence-corrected chi connectivity index (χ1v) is 13.5. The topological polar surface area (TPSA) is 149 Å². The zero-order valence-corrected chi connectivity index (χ0v) is 22.8. The van der Waals surface area contributed by atoms with Crippen molar-refractivity contribution in [3.63, 3.8) is 0 Å². The maximum Gasteiger partial charge on any atom is 0.407 e. The Labute approximate surface area is 225 Å². The normalized spacial score (nSPS) is 14.5. The minimum atomic E-state index is -0.990. The van der Waals surface area contributed by atoms with Gasteiger partial charge in [0.1, 0.15) is 0 Å². The van der Waals surface area contributed by atoms with Gasteiger partial charge in [-0.3, -0.25) is 0 Å². The van der Waals surface area contributed by atoms with E-state index >= 15 is 0 Å². The molecule has 0 unspecified atom stereocenters. The highest BCUT2D eigenvalue weighted by Crippen LogP contribution is 2.20. The van der Waals surface area contributed by atoms with E-state index in [-0.39, 0.29) is 31.7 Å². The highest BCUT2D eigenvalue weighted by atomic mass is 16.7. The van der Waals surface area contributed by atoms with E-state index in [9.17, 15) is 19.2 Å². The minimum Gasteiger partial charge on any atom is -0.478 e. The van der Waals surface area contributed by atoms with Gasteiger partial charge in [-0.05, 0) is 39.5 Å². The molecular weight excluding hydrogens is 496 g/mol. The van der Waals surface area contributed by atoms with Gasteiger partial charge in [-0.25, -0.2) is 19.2 Å². The van der Waals surface area contributed by atoms with Crippen molar-refractivity contribution < 1.29 is 43.2 Å². The molecule has 11 heteroatoms. The van der Waals surface area contributed by atoms with Gasteiger partial charge in [0, 0.05) is 37.1 Å². The van der Waals surface area contributed by atoms with Gasteiger partial charge in [-0.1, -0.05) is 44.3 Å². The summed E-state index contributed by atoms with van der Waals surface area (Å²) < 4.78 is 20.8. The lowest BCUT2D eigenvalue weighted by Crippen LogP contribution is -2.26. The molecule has 0 radical (unpaired) electrons. The van der Waals surface area contributed by atoms with E-state index in [1.54, 1.807) is 13.0 Å². The molecule has 38 heavy (non-hydrogen) atoms. The van der Waals surface area contributed by atoms with Crippen LogP contribution in [0.3, 0.4) is 0 Å². The van der Waals surface area contributed by atoms with Crippen LogP contribution >= 0.6 is 0 Å². The molecular formula is C27H44N2O9. The van der Waals surface area contributed by atoms with Crippen LogP contribution in [0.2, 0.25) is 0 Å². The third-order valence-corrected chi connectivity index (χ3v) is 5.95. The summed E-state index contributed by atoms with van der Waals surface area (Å²) in [5.41, 5.74) is 0.668. The Kier molecular flexibility index (Phi) is 18.1. The largest absolute Gasteiger partial charge is 0.478 e. The molecule has 0 aliphatic heterocycles. The molecule has 11 nitrogen and oxygen atoms in total. The SMILES string of the molecule is CC(=CCCOC(=O)NCCCCCCNC(=O)OCCC=C(C)C(=O)OCOC1CCCCC1)C(=O)O. The maximum absolute atomic E-state index is 12.0. The van der Waals surface area contributed by atoms with Gasteiger partial charge in [0.25, 0.3) is 0 Å². The smallest absolute Gasteiger partial charge is 0.407 e. The molecule has 0 atom stereocenters. The lowest BCUT2D eigenvalue weighted by Gasteiger charge is -2.21. The highest BCUT2D eigenvalue weighted by Gasteiger charge is 2.14. The van der Waals surface area contributed by atoms with Crippen LogP contribution in [0.5, 0.6) is 0 Å². The third kappa shape index (κ3) is 17.4. The number of carboxylic acids is 1. The van der Waals surface area contributed by atoms with Crippen LogP contribution in [0.4, 0.5) is 9.59 Å². The summed E-state index contributed by atoms with van der Waals surface area (Å²) in [7, 11) is 0. The van der Waals surface area contributed by atoms with Gasteiger partial charge < -0.3 is 34.7 Å². The number of carboxylic acid groups (broad SMARTS) is 1. The van der Waals surface area contributed by atoms with E-state index in [2.05, 4.69) is 10.6 Å². The lowest BCUT2D eigenvalue weighted by molar-refractivity contribution is -0.157. The lowest BCUT2D eigenvalue weighted by atomic mass is 9.98. The van der Waals surface area contributed by atoms with Gasteiger partial charge in [-0.2, -0.15) is 0 Å². The first-order valence-electron chi connectivity index (χ1n) is 13.5. The molecule has 3 N–H and O–H groups in total. The summed E-state index contributed by atoms with van der Waals surface area (Å²) >= 11 is 0. The van der Waals surface area contributed by atoms with Gasteiger partial charge in [0.05, 0.1) is 19.3 Å². The van der Waals surface area contributed by atoms with Gasteiger partial charge in [-0.15, -0.1) is 0 Å². The molecule has 1 saturated carbocycles. The standard InChI is InChI=1S/C27H44N2O9/c1-21(24(30)31)12-10-18-35-26(33)28-16-8-3-4-9-17-29-27(34)36-19-11-13-22(2)25(32)38-20-37-23-14-6-5-7-15-23/h12-13,23H,3-11,14-20H2,1-2H3,(H,28,33)(H,29,34)(H,30,31). The number of hydrogen-bond donors (Lipinski definition) is 3. The second-order valence-electron chi connectivity index (χ2n) is 9.17. The highest BCUT2D eigenvalue weighted by molar-refractivity contribution is 5.87. The molecule has 0 aromatic carbocycles. The number of carbonyl (C=O) groups excluding carboxylic acids is 3. The number of hydrogen-bond acceptors (Lipinski definition) is 8. The molecule has 0 aromatic heterocycles. The number of aliphatic carboxylic acids is 1. The number of ether oxygens (including phenoxy) is 4. The van der Waals surface area contributed by atoms with Crippen molar-refractivity contribution in [1.82, 2.24) is 10.6 Å². The average Bonchev–Trinajstić information content (AvgIpc) is 2.90. The van der Waals surface area contributed by atoms with Gasteiger partial charge in [0.15, 0.2) is 6.79 Å². The molecule has 1 aliphatic rings. The van der Waals surface area contributed by atoms with E-state index in [0.717, 1.165) is 51.4 Å². The first kappa shape index (κ1) is 32.9. The Hall–Kier alpha value is -3.08. The van der Waals surface area contributed by atoms with Crippen LogP contribution in [-0.4, -0.2) is 68.4 Å². The van der Waals surface area contributed by atoms with Crippen molar-refractivity contribution in [2.24, 2.45) is 0 Å². The van der Waals surface area contributed by atoms with Crippen molar-refractivity contribution in [2.45, 2.75) is 90.6 Å². The zero-order chi connectivity index (χ0) is 28.0. The molecule has 0 spiro atoms. The van der Waals surface area contributed by atoms with Crippen molar-refractivity contribution >= 4 is 24.1 Å². The number of unbranched alkanes of at least 4 members (excludes halogenated alkanes) is 3. The zero-order valence-electron chi connectivity index (χ0n) is 22.8. The van der Waals surface area contributed by atoms with Crippen molar-refractivity contribution in [3.8, 4) is 0 Å². The van der Waals surface area contributed by atoms with Crippen LogP contribution < -0.4 is 10.6 Å². The fourth-order valence-electron chi connectivity index (χ4n) is 3.64. The molecule has 1 rings (SSSR count). The van der Waals surface area contributed by atoms with Crippen LogP contribution in [-0.2, 0) is 28.5 Å². The summed E-state index contributed by atoms with van der Waals surface area (Å²) in [6.45, 7) is 4.35. The quantitative estimate of drug-likeness (QED) is 0.0745. The number of rotatable bonds is 18. The van der Waals surface area contributed by atoms with E-state index in [1.165, 1.54) is 19.4 Å². The van der Waals surface area contributed by atoms with Gasteiger partial charge >= 0.3 is 24.1 Å². The second-order valence-corrected chi connectivity index (χ2v) is 9.17. The number of nitrogens with one attached hydrogen (secondary N) is 2. The average molecular weight is 541 g/mol. The molecule has 216 valence electrons. The Balaban J connectivity index is 1.94. The van der Waals surface area contributed by atoms with Crippen molar-refractivity contribution in [1.29, 1.82) is 0 Å². The summed E-state index contributed by atoms with van der Waals surface area (Å²) in [5, 5.41) is 14.1.